The molecular weight excluding hydrogens is 2220 g/mol. The first kappa shape index (κ1) is 87.3. The number of aryl methyl sites for hydroxylation is 7. The second kappa shape index (κ2) is 48.0. The predicted molar refractivity (Wildman–Crippen MR) is 329 cm³/mol. The first-order valence-corrected chi connectivity index (χ1v) is 32.4. The Morgan fingerprint density at radius 3 is 0.680 bits per heavy atom. The Kier molecular flexibility index (Phi) is 43.2. The van der Waals surface area contributed by atoms with Gasteiger partial charge in [-0.15, -0.1) is 11.4 Å². The number of hydrogen-bond acceptors (Lipinski definition) is 14. The van der Waals surface area contributed by atoms with E-state index in [0.717, 1.165) is 86.2 Å². The zero-order chi connectivity index (χ0) is 67.3. The zero-order valence-corrected chi connectivity index (χ0v) is 64.3. The van der Waals surface area contributed by atoms with Crippen LogP contribution in [0, 0.1) is 48.5 Å². The van der Waals surface area contributed by atoms with Crippen LogP contribution in [-0.2, 0) is 113 Å². The molecule has 0 atom stereocenters. The second-order valence-corrected chi connectivity index (χ2v) is 21.4. The number of rotatable bonds is 5. The molecule has 0 aliphatic carbocycles. The van der Waals surface area contributed by atoms with Gasteiger partial charge in [-0.05, 0) is 107 Å². The Balaban J connectivity index is 0.000000550. The molecule has 14 aromatic heterocycles. The summed E-state index contributed by atoms with van der Waals surface area (Å²) in [5, 5.41) is 65.5. The van der Waals surface area contributed by atoms with E-state index in [9.17, 15) is 26.3 Å². The van der Waals surface area contributed by atoms with Crippen LogP contribution >= 0.6 is 18.8 Å². The van der Waals surface area contributed by atoms with Crippen LogP contribution in [0.5, 0.6) is 0 Å². The summed E-state index contributed by atoms with van der Waals surface area (Å²) in [5.41, 5.74) is 10.9. The monoisotopic (exact) mass is 2270 g/mol. The molecule has 14 aromatic rings. The molecule has 0 aliphatic heterocycles. The molecular formula is C61H54Cl2F6N23Pt5-. The van der Waals surface area contributed by atoms with E-state index in [1.54, 1.807) is 91.9 Å². The van der Waals surface area contributed by atoms with Crippen LogP contribution < -0.4 is 45.9 Å². The fraction of sp³-hybridized carbons (Fsp3) is 0.148. The molecule has 0 unspecified atom stereocenters. The summed E-state index contributed by atoms with van der Waals surface area (Å²) in [4.78, 5) is 20.2. The normalized spacial score (nSPS) is 9.76. The first-order chi connectivity index (χ1) is 44.7. The third-order valence-corrected chi connectivity index (χ3v) is 10.6. The van der Waals surface area contributed by atoms with Crippen LogP contribution in [0.15, 0.2) is 201 Å². The largest absolute Gasteiger partial charge is 2.00 e. The molecule has 0 amide bonds. The van der Waals surface area contributed by atoms with Crippen LogP contribution in [-0.4, -0.2) is 70.8 Å². The first-order valence-electron chi connectivity index (χ1n) is 26.8. The van der Waals surface area contributed by atoms with Gasteiger partial charge in [0, 0.05) is 100 Å². The molecule has 0 radical (unpaired) electrons. The molecule has 14 heterocycles. The molecule has 520 valence electrons. The van der Waals surface area contributed by atoms with Gasteiger partial charge in [0.2, 0.25) is 0 Å². The summed E-state index contributed by atoms with van der Waals surface area (Å²) in [5.74, 6) is 0. The Morgan fingerprint density at radius 2 is 0.546 bits per heavy atom. The molecule has 0 bridgehead atoms. The summed E-state index contributed by atoms with van der Waals surface area (Å²) in [6.07, 6.45) is 5.85. The number of aromatic nitrogens is 23. The maximum absolute atomic E-state index is 12.2. The Hall–Kier alpha value is -7.76. The van der Waals surface area contributed by atoms with Crippen LogP contribution in [0.25, 0.3) is 56.9 Å². The fourth-order valence-corrected chi connectivity index (χ4v) is 6.65. The van der Waals surface area contributed by atoms with Gasteiger partial charge in [0.05, 0.1) is 0 Å². The summed E-state index contributed by atoms with van der Waals surface area (Å²) >= 11 is -0.472. The van der Waals surface area contributed by atoms with Gasteiger partial charge in [-0.2, -0.15) is 38.7 Å². The molecule has 0 aromatic carbocycles. The van der Waals surface area contributed by atoms with Crippen molar-refractivity contribution in [3.63, 3.8) is 0 Å². The number of nitrogens with zero attached hydrogens (tertiary/aromatic N) is 23. The van der Waals surface area contributed by atoms with Crippen molar-refractivity contribution in [1.82, 2.24) is 117 Å². The van der Waals surface area contributed by atoms with Crippen molar-refractivity contribution in [2.45, 2.75) is 60.8 Å². The number of hydrogen-bond donors (Lipinski definition) is 0. The maximum atomic E-state index is 12.2. The third-order valence-electron chi connectivity index (χ3n) is 10.6. The van der Waals surface area contributed by atoms with E-state index in [1.165, 1.54) is 12.4 Å². The molecule has 0 aliphatic rings. The van der Waals surface area contributed by atoms with Gasteiger partial charge in [-0.3, -0.25) is 24.9 Å². The van der Waals surface area contributed by atoms with E-state index in [-0.39, 0.29) is 95.6 Å². The third kappa shape index (κ3) is 34.8. The summed E-state index contributed by atoms with van der Waals surface area (Å²) in [7, 11) is 9.75. The van der Waals surface area contributed by atoms with Gasteiger partial charge in [0.1, 0.15) is 11.4 Å². The van der Waals surface area contributed by atoms with Crippen molar-refractivity contribution in [1.29, 1.82) is 0 Å². The van der Waals surface area contributed by atoms with E-state index in [2.05, 4.69) is 117 Å². The van der Waals surface area contributed by atoms with Gasteiger partial charge in [-0.1, -0.05) is 115 Å². The smallest absolute Gasteiger partial charge is 0.582 e. The molecule has 36 heteroatoms. The van der Waals surface area contributed by atoms with Crippen molar-refractivity contribution < 1.29 is 127 Å². The average molecular weight is 2270 g/mol. The quantitative estimate of drug-likeness (QED) is 0.145. The SMILES string of the molecule is Cc1cc(-c2ccccn2)[n-]n1.Cc1cc(-c2ccccn2)[n-]n1.Cc1cc(-c2ccccn2)[n-]n1.Cc1cc(C)[n-]n1.Cc1cc(C)[n-]n1.FC(F)(F)c1cc(-c2ccccn2)[n-]n1.FC(F)(F)c1cc(-c2ccccn2)[n-]n1.[Cl][Pt][Cl].[Pt+2].[Pt+2].[Pt+2].[Pt+2].c1cn[n-]c1.c1cn[n-]c1. The topological polar surface area (TPSA) is 307 Å². The van der Waals surface area contributed by atoms with Crippen LogP contribution in [0.1, 0.15) is 51.2 Å². The maximum Gasteiger partial charge on any atom is 2.00 e. The zero-order valence-electron chi connectivity index (χ0n) is 51.4. The number of alkyl halides is 6. The summed E-state index contributed by atoms with van der Waals surface area (Å²) in [6.45, 7) is 13.5. The van der Waals surface area contributed by atoms with Crippen molar-refractivity contribution in [3.8, 4) is 56.9 Å². The molecule has 0 saturated heterocycles. The van der Waals surface area contributed by atoms with Gasteiger partial charge < -0.3 is 91.8 Å². The van der Waals surface area contributed by atoms with Crippen molar-refractivity contribution in [3.05, 3.63) is 253 Å². The van der Waals surface area contributed by atoms with Crippen molar-refractivity contribution >= 4 is 18.8 Å². The Bertz CT molecular complexity index is 3740. The molecule has 23 nitrogen and oxygen atoms in total. The fourth-order valence-electron chi connectivity index (χ4n) is 6.65. The number of halogens is 8. The summed E-state index contributed by atoms with van der Waals surface area (Å²) in [6, 6.07) is 42.0. The van der Waals surface area contributed by atoms with Crippen LogP contribution in [0.2, 0.25) is 0 Å². The summed E-state index contributed by atoms with van der Waals surface area (Å²) < 4.78 is 73.2. The standard InChI is InChI=1S/2C9H5F3N3.3C9H8N3.2C5H7N2.2C3H3N2.2ClH.5Pt/c2*10-9(11,12)8-5-7(14-15-8)6-3-1-2-4-13-6;3*1-7-6-9(12-11-7)8-4-2-3-5-10-8;2*1-4-3-5(2)7-6-4;2*1-2-4-5-3-1;;;;;;;/h2*1-5H;3*2-6H,1H3;2*3H,1-2H3;2*1-3H;2*1H;;;;;/q9*-1;;;5*+2/p-2. The molecule has 97 heavy (non-hydrogen) atoms. The van der Waals surface area contributed by atoms with E-state index in [1.807, 2.05) is 133 Å². The van der Waals surface area contributed by atoms with Crippen LogP contribution in [0.4, 0.5) is 26.3 Å². The predicted octanol–water partition coefficient (Wildman–Crippen LogP) is 11.2. The minimum absolute atomic E-state index is 0. The minimum atomic E-state index is -4.46. The molecule has 0 spiro atoms. The van der Waals surface area contributed by atoms with E-state index < -0.39 is 40.2 Å². The molecule has 0 N–H and O–H groups in total. The minimum Gasteiger partial charge on any atom is -0.582 e. The second-order valence-electron chi connectivity index (χ2n) is 18.2. The Labute approximate surface area is 627 Å². The van der Waals surface area contributed by atoms with Crippen molar-refractivity contribution in [2.24, 2.45) is 0 Å². The van der Waals surface area contributed by atoms with E-state index in [4.69, 9.17) is 18.8 Å². The molecule has 14 rings (SSSR count). The van der Waals surface area contributed by atoms with Gasteiger partial charge in [0.25, 0.3) is 0 Å². The van der Waals surface area contributed by atoms with Gasteiger partial charge in [0.15, 0.2) is 0 Å². The molecule has 0 fully saturated rings. The average Bonchev–Trinajstić information content (AvgIpc) is 1.88. The van der Waals surface area contributed by atoms with E-state index in [0.29, 0.717) is 11.4 Å². The Morgan fingerprint density at radius 1 is 0.309 bits per heavy atom. The molecule has 0 saturated carbocycles. The van der Waals surface area contributed by atoms with Crippen LogP contribution in [0.3, 0.4) is 0 Å². The van der Waals surface area contributed by atoms with Gasteiger partial charge >= 0.3 is 132 Å². The van der Waals surface area contributed by atoms with Crippen molar-refractivity contribution in [2.75, 3.05) is 0 Å². The number of pyridine rings is 5. The van der Waals surface area contributed by atoms with Gasteiger partial charge in [-0.25, -0.2) is 0 Å². The van der Waals surface area contributed by atoms with E-state index >= 15 is 0 Å².